The molecule has 2 nitrogen and oxygen atoms in total. The summed E-state index contributed by atoms with van der Waals surface area (Å²) in [5, 5.41) is 2.59. The van der Waals surface area contributed by atoms with Gasteiger partial charge in [-0.05, 0) is 55.3 Å². The van der Waals surface area contributed by atoms with Crippen molar-refractivity contribution in [2.45, 2.75) is 39.0 Å². The van der Waals surface area contributed by atoms with E-state index in [-0.39, 0.29) is 0 Å². The number of unbranched alkanes of at least 4 members (excludes halogenated alkanes) is 1. The maximum absolute atomic E-state index is 5.59. The number of rotatable bonds is 6. The van der Waals surface area contributed by atoms with Crippen molar-refractivity contribution < 1.29 is 0 Å². The first-order valence-corrected chi connectivity index (χ1v) is 6.91. The zero-order valence-electron chi connectivity index (χ0n) is 11.2. The van der Waals surface area contributed by atoms with Crippen molar-refractivity contribution in [3.63, 3.8) is 0 Å². The molecule has 0 aliphatic heterocycles. The molecule has 0 aliphatic carbocycles. The van der Waals surface area contributed by atoms with Crippen LogP contribution < -0.4 is 5.73 Å². The van der Waals surface area contributed by atoms with E-state index >= 15 is 0 Å². The summed E-state index contributed by atoms with van der Waals surface area (Å²) in [7, 11) is 0. The highest BCUT2D eigenvalue weighted by atomic mass is 14.7. The molecule has 0 unspecified atom stereocenters. The van der Waals surface area contributed by atoms with Crippen LogP contribution in [0.5, 0.6) is 0 Å². The van der Waals surface area contributed by atoms with Crippen LogP contribution in [0.4, 0.5) is 0 Å². The summed E-state index contributed by atoms with van der Waals surface area (Å²) in [6.07, 6.45) is 7.54. The van der Waals surface area contributed by atoms with Gasteiger partial charge < -0.3 is 5.73 Å². The Kier molecular flexibility index (Phi) is 4.71. The largest absolute Gasteiger partial charge is 0.330 e. The smallest absolute Gasteiger partial charge is 0.0482 e. The van der Waals surface area contributed by atoms with Gasteiger partial charge in [0.05, 0.1) is 0 Å². The third-order valence-corrected chi connectivity index (χ3v) is 3.35. The van der Waals surface area contributed by atoms with Crippen molar-refractivity contribution in [3.05, 3.63) is 41.7 Å². The van der Waals surface area contributed by atoms with E-state index in [2.05, 4.69) is 36.2 Å². The average molecular weight is 242 g/mol. The number of aromatic nitrogens is 1. The Balaban J connectivity index is 2.32. The maximum atomic E-state index is 5.59. The molecule has 2 rings (SSSR count). The summed E-state index contributed by atoms with van der Waals surface area (Å²) < 4.78 is 0. The normalized spacial score (nSPS) is 11.0. The van der Waals surface area contributed by atoms with E-state index < -0.39 is 0 Å². The average Bonchev–Trinajstić information content (AvgIpc) is 2.42. The van der Waals surface area contributed by atoms with Gasteiger partial charge in [0, 0.05) is 17.3 Å². The summed E-state index contributed by atoms with van der Waals surface area (Å²) >= 11 is 0. The number of aryl methyl sites for hydroxylation is 2. The molecule has 0 saturated carbocycles. The van der Waals surface area contributed by atoms with E-state index in [1.54, 1.807) is 0 Å². The zero-order chi connectivity index (χ0) is 12.8. The molecule has 0 amide bonds. The first-order chi connectivity index (χ1) is 8.85. The standard InChI is InChI=1S/C16H22N2/c1-2-3-5-13-7-8-14-9-11-18-16(6-4-10-17)15(14)12-13/h7-9,11-12H,2-6,10,17H2,1H3. The fourth-order valence-electron chi connectivity index (χ4n) is 2.28. The van der Waals surface area contributed by atoms with Crippen molar-refractivity contribution in [1.29, 1.82) is 0 Å². The predicted octanol–water partition coefficient (Wildman–Crippen LogP) is 3.47. The molecule has 0 bridgehead atoms. The van der Waals surface area contributed by atoms with Crippen LogP contribution in [0.2, 0.25) is 0 Å². The summed E-state index contributed by atoms with van der Waals surface area (Å²) in [6.45, 7) is 2.96. The Bertz CT molecular complexity index is 505. The van der Waals surface area contributed by atoms with Gasteiger partial charge in [0.1, 0.15) is 0 Å². The number of pyridine rings is 1. The van der Waals surface area contributed by atoms with Crippen LogP contribution in [0.15, 0.2) is 30.5 Å². The minimum Gasteiger partial charge on any atom is -0.330 e. The monoisotopic (exact) mass is 242 g/mol. The molecule has 1 heterocycles. The predicted molar refractivity (Wildman–Crippen MR) is 77.7 cm³/mol. The zero-order valence-corrected chi connectivity index (χ0v) is 11.2. The van der Waals surface area contributed by atoms with Crippen LogP contribution in [0, 0.1) is 0 Å². The van der Waals surface area contributed by atoms with E-state index in [9.17, 15) is 0 Å². The molecular weight excluding hydrogens is 220 g/mol. The lowest BCUT2D eigenvalue weighted by Crippen LogP contribution is -2.02. The molecule has 0 saturated heterocycles. The summed E-state index contributed by atoms with van der Waals surface area (Å²) in [6, 6.07) is 8.85. The van der Waals surface area contributed by atoms with E-state index in [1.165, 1.54) is 34.9 Å². The topological polar surface area (TPSA) is 38.9 Å². The van der Waals surface area contributed by atoms with Crippen molar-refractivity contribution in [2.75, 3.05) is 6.54 Å². The SMILES string of the molecule is CCCCc1ccc2ccnc(CCCN)c2c1. The minimum absolute atomic E-state index is 0.730. The van der Waals surface area contributed by atoms with Gasteiger partial charge >= 0.3 is 0 Å². The van der Waals surface area contributed by atoms with Gasteiger partial charge in [-0.15, -0.1) is 0 Å². The quantitative estimate of drug-likeness (QED) is 0.842. The van der Waals surface area contributed by atoms with Crippen LogP contribution in [-0.2, 0) is 12.8 Å². The molecule has 0 atom stereocenters. The molecule has 18 heavy (non-hydrogen) atoms. The minimum atomic E-state index is 0.730. The third kappa shape index (κ3) is 3.08. The second-order valence-electron chi connectivity index (χ2n) is 4.81. The Morgan fingerprint density at radius 3 is 2.78 bits per heavy atom. The van der Waals surface area contributed by atoms with Gasteiger partial charge in [0.15, 0.2) is 0 Å². The summed E-state index contributed by atoms with van der Waals surface area (Å²) in [5.41, 5.74) is 8.20. The Labute approximate surface area is 109 Å². The van der Waals surface area contributed by atoms with Crippen LogP contribution in [0.3, 0.4) is 0 Å². The van der Waals surface area contributed by atoms with Gasteiger partial charge in [-0.25, -0.2) is 0 Å². The molecule has 96 valence electrons. The maximum Gasteiger partial charge on any atom is 0.0482 e. The number of hydrogen-bond acceptors (Lipinski definition) is 2. The lowest BCUT2D eigenvalue weighted by molar-refractivity contribution is 0.795. The van der Waals surface area contributed by atoms with Crippen molar-refractivity contribution in [2.24, 2.45) is 5.73 Å². The van der Waals surface area contributed by atoms with Gasteiger partial charge in [-0.3, -0.25) is 4.98 Å². The highest BCUT2D eigenvalue weighted by Gasteiger charge is 2.03. The third-order valence-electron chi connectivity index (χ3n) is 3.35. The van der Waals surface area contributed by atoms with Crippen molar-refractivity contribution >= 4 is 10.8 Å². The highest BCUT2D eigenvalue weighted by Crippen LogP contribution is 2.20. The second kappa shape index (κ2) is 6.50. The molecule has 0 radical (unpaired) electrons. The summed E-state index contributed by atoms with van der Waals surface area (Å²) in [5.74, 6) is 0. The highest BCUT2D eigenvalue weighted by molar-refractivity contribution is 5.85. The first kappa shape index (κ1) is 13.0. The number of nitrogens with two attached hydrogens (primary N) is 1. The van der Waals surface area contributed by atoms with Gasteiger partial charge in [0.2, 0.25) is 0 Å². The number of fused-ring (bicyclic) bond motifs is 1. The molecule has 0 spiro atoms. The molecule has 2 heteroatoms. The number of nitrogens with zero attached hydrogens (tertiary/aromatic N) is 1. The van der Waals surface area contributed by atoms with Crippen LogP contribution >= 0.6 is 0 Å². The van der Waals surface area contributed by atoms with E-state index in [1.807, 2.05) is 6.20 Å². The van der Waals surface area contributed by atoms with Gasteiger partial charge in [0.25, 0.3) is 0 Å². The molecule has 1 aromatic carbocycles. The molecule has 1 aromatic heterocycles. The fraction of sp³-hybridized carbons (Fsp3) is 0.438. The Morgan fingerprint density at radius 2 is 2.00 bits per heavy atom. The lowest BCUT2D eigenvalue weighted by Gasteiger charge is -2.07. The Hall–Kier alpha value is -1.41. The van der Waals surface area contributed by atoms with E-state index in [0.29, 0.717) is 0 Å². The van der Waals surface area contributed by atoms with Crippen molar-refractivity contribution in [1.82, 2.24) is 4.98 Å². The van der Waals surface area contributed by atoms with Gasteiger partial charge in [-0.2, -0.15) is 0 Å². The lowest BCUT2D eigenvalue weighted by atomic mass is 10.0. The Morgan fingerprint density at radius 1 is 1.11 bits per heavy atom. The van der Waals surface area contributed by atoms with Crippen molar-refractivity contribution in [3.8, 4) is 0 Å². The molecule has 2 aromatic rings. The van der Waals surface area contributed by atoms with E-state index in [0.717, 1.165) is 25.8 Å². The molecular formula is C16H22N2. The molecule has 2 N–H and O–H groups in total. The fourth-order valence-corrected chi connectivity index (χ4v) is 2.28. The molecule has 0 aliphatic rings. The van der Waals surface area contributed by atoms with E-state index in [4.69, 9.17) is 5.73 Å². The van der Waals surface area contributed by atoms with Crippen LogP contribution in [0.25, 0.3) is 10.8 Å². The summed E-state index contributed by atoms with van der Waals surface area (Å²) in [4.78, 5) is 4.51. The van der Waals surface area contributed by atoms with Crippen LogP contribution in [-0.4, -0.2) is 11.5 Å². The molecule has 0 fully saturated rings. The first-order valence-electron chi connectivity index (χ1n) is 6.91. The van der Waals surface area contributed by atoms with Crippen LogP contribution in [0.1, 0.15) is 37.4 Å². The van der Waals surface area contributed by atoms with Gasteiger partial charge in [-0.1, -0.05) is 25.5 Å². The number of benzene rings is 1. The second-order valence-corrected chi connectivity index (χ2v) is 4.81. The number of hydrogen-bond donors (Lipinski definition) is 1.